The van der Waals surface area contributed by atoms with Crippen LogP contribution in [0.5, 0.6) is 23.0 Å². The number of aromatic nitrogens is 12. The molecule has 25 nitrogen and oxygen atoms in total. The monoisotopic (exact) mass is 1220 g/mol. The van der Waals surface area contributed by atoms with E-state index in [0.717, 1.165) is 87.5 Å². The van der Waals surface area contributed by atoms with Crippen LogP contribution >= 0.6 is 47.1 Å². The Morgan fingerprint density at radius 2 is 1.05 bits per heavy atom. The van der Waals surface area contributed by atoms with Crippen LogP contribution in [0, 0.1) is 21.4 Å². The van der Waals surface area contributed by atoms with Crippen molar-refractivity contribution in [3.8, 4) is 45.8 Å². The molecule has 0 spiro atoms. The zero-order valence-electron chi connectivity index (χ0n) is 47.0. The van der Waals surface area contributed by atoms with E-state index in [9.17, 15) is 14.7 Å². The molecule has 85 heavy (non-hydrogen) atoms. The number of carboxylic acids is 1. The summed E-state index contributed by atoms with van der Waals surface area (Å²) in [5.74, 6) is 4.80. The van der Waals surface area contributed by atoms with Crippen LogP contribution in [0.15, 0.2) is 96.0 Å². The fourth-order valence-corrected chi connectivity index (χ4v) is 11.2. The van der Waals surface area contributed by atoms with Crippen LogP contribution in [0.4, 0.5) is 46.3 Å². The average Bonchev–Trinajstić information content (AvgIpc) is 3.87. The number of thiazole rings is 2. The van der Waals surface area contributed by atoms with Crippen LogP contribution in [-0.4, -0.2) is 131 Å². The first-order valence-electron chi connectivity index (χ1n) is 26.6. The number of carbonyl (C=O) groups excluding carboxylic acids is 1. The van der Waals surface area contributed by atoms with Crippen LogP contribution in [0.25, 0.3) is 43.5 Å². The number of aromatic amines is 2. The van der Waals surface area contributed by atoms with E-state index in [1.54, 1.807) is 44.0 Å². The molecule has 2 fully saturated rings. The first-order chi connectivity index (χ1) is 41.2. The number of fused-ring (bicyclic) bond motifs is 2. The van der Waals surface area contributed by atoms with Crippen LogP contribution in [0.1, 0.15) is 25.7 Å². The highest BCUT2D eigenvalue weighted by Crippen LogP contribution is 2.36. The number of aliphatic carboxylic acids is 1. The molecule has 2 aliphatic heterocycles. The van der Waals surface area contributed by atoms with Crippen LogP contribution in [0.2, 0.25) is 0 Å². The lowest BCUT2D eigenvalue weighted by Gasteiger charge is -2.32. The first-order valence-corrected chi connectivity index (χ1v) is 29.2. The molecule has 2 aliphatic rings. The number of methoxy groups -OCH3 is 4. The van der Waals surface area contributed by atoms with Crippen molar-refractivity contribution in [3.63, 3.8) is 0 Å². The zero-order valence-corrected chi connectivity index (χ0v) is 50.3. The normalized spacial score (nSPS) is 14.8. The third kappa shape index (κ3) is 13.5. The SMILES string of the molecule is COc1ccc(Nc2nc(N3CCCC(C(=O)Nc4ccc(-c5n[nH]c(=S)n5C)cc4)C3)nc3scnc23)cc1OC.COc1ccc(Nc2nc(N3CCCC(C(=O)O)C3)nc3scnc23)cc1OC.Cn1c(-c2ccc(N)cc2)n[nH]c1=S. The van der Waals surface area contributed by atoms with E-state index in [1.807, 2.05) is 108 Å². The smallest absolute Gasteiger partial charge is 0.308 e. The molecule has 2 atom stereocenters. The highest BCUT2D eigenvalue weighted by molar-refractivity contribution is 7.71. The number of ether oxygens (including phenoxy) is 4. The van der Waals surface area contributed by atoms with Gasteiger partial charge in [0.05, 0.1) is 51.3 Å². The molecule has 0 radical (unpaired) electrons. The summed E-state index contributed by atoms with van der Waals surface area (Å²) in [5, 5.41) is 33.0. The van der Waals surface area contributed by atoms with Gasteiger partial charge in [0.25, 0.3) is 0 Å². The minimum absolute atomic E-state index is 0.0341. The number of nitrogens with one attached hydrogen (secondary N) is 5. The predicted octanol–water partition coefficient (Wildman–Crippen LogP) is 10.0. The van der Waals surface area contributed by atoms with E-state index in [0.29, 0.717) is 86.6 Å². The molecule has 0 bridgehead atoms. The molecule has 2 unspecified atom stereocenters. The summed E-state index contributed by atoms with van der Waals surface area (Å²) in [6.45, 7) is 2.39. The summed E-state index contributed by atoms with van der Waals surface area (Å²) in [4.78, 5) is 58.0. The Morgan fingerprint density at radius 1 is 0.612 bits per heavy atom. The van der Waals surface area contributed by atoms with Crippen LogP contribution in [-0.2, 0) is 23.7 Å². The molecule has 2 saturated heterocycles. The Labute approximate surface area is 505 Å². The number of amides is 1. The van der Waals surface area contributed by atoms with Crippen molar-refractivity contribution in [2.24, 2.45) is 25.9 Å². The fraction of sp³-hybridized carbons (Fsp3) is 0.286. The van der Waals surface area contributed by atoms with E-state index >= 15 is 0 Å². The zero-order chi connectivity index (χ0) is 59.7. The van der Waals surface area contributed by atoms with Crippen molar-refractivity contribution in [3.05, 3.63) is 105 Å². The number of nitrogens with two attached hydrogens (primary N) is 1. The number of nitrogen functional groups attached to an aromatic ring is 1. The molecule has 440 valence electrons. The van der Waals surface area contributed by atoms with E-state index in [4.69, 9.17) is 59.1 Å². The number of hydrogen-bond donors (Lipinski definition) is 7. The van der Waals surface area contributed by atoms with Gasteiger partial charge in [-0.1, -0.05) is 0 Å². The number of nitrogens with zero attached hydrogens (tertiary/aromatic N) is 12. The number of carbonyl (C=O) groups is 2. The fourth-order valence-electron chi connectivity index (χ4n) is 9.58. The molecule has 10 aromatic rings. The summed E-state index contributed by atoms with van der Waals surface area (Å²) in [7, 11) is 10.1. The molecule has 0 aliphatic carbocycles. The molecule has 12 rings (SSSR count). The maximum absolute atomic E-state index is 13.3. The summed E-state index contributed by atoms with van der Waals surface area (Å²) in [5.41, 5.74) is 15.3. The van der Waals surface area contributed by atoms with Crippen molar-refractivity contribution in [2.45, 2.75) is 25.7 Å². The third-order valence-corrected chi connectivity index (χ3v) is 16.3. The van der Waals surface area contributed by atoms with Crippen molar-refractivity contribution in [2.75, 3.05) is 86.1 Å². The third-order valence-electron chi connectivity index (χ3n) is 14.1. The molecule has 6 aromatic heterocycles. The lowest BCUT2D eigenvalue weighted by Crippen LogP contribution is -2.41. The van der Waals surface area contributed by atoms with Crippen molar-refractivity contribution < 1.29 is 33.6 Å². The second kappa shape index (κ2) is 26.5. The molecule has 8 N–H and O–H groups in total. The van der Waals surface area contributed by atoms with Gasteiger partial charge in [-0.05, 0) is 123 Å². The molecular formula is C56H60N18O7S4. The Balaban J connectivity index is 0.000000160. The minimum Gasteiger partial charge on any atom is -0.493 e. The second-order valence-corrected chi connectivity index (χ2v) is 22.0. The second-order valence-electron chi connectivity index (χ2n) is 19.6. The van der Waals surface area contributed by atoms with Crippen molar-refractivity contribution >= 4 is 126 Å². The quantitative estimate of drug-likeness (QED) is 0.0371. The first kappa shape index (κ1) is 58.9. The van der Waals surface area contributed by atoms with Crippen molar-refractivity contribution in [1.29, 1.82) is 0 Å². The topological polar surface area (TPSA) is 304 Å². The Hall–Kier alpha value is -9.32. The molecule has 8 heterocycles. The van der Waals surface area contributed by atoms with Crippen LogP contribution < -0.4 is 50.4 Å². The van der Waals surface area contributed by atoms with Gasteiger partial charge in [-0.15, -0.1) is 22.7 Å². The number of carboxylic acid groups (broad SMARTS) is 1. The summed E-state index contributed by atoms with van der Waals surface area (Å²) >= 11 is 13.1. The van der Waals surface area contributed by atoms with Gasteiger partial charge in [0.1, 0.15) is 11.0 Å². The standard InChI is InChI=1S/C28H29N9O3S2.C19H21N5O4S.C9H10N4S/c1-36-24(34-35-28(36)41)16-6-8-18(9-7-16)31-25(38)17-5-4-12-37(14-17)27-32-23(22-26(33-27)42-15-29-22)30-19-10-11-20(39-2)21(13-19)40-3;1-27-13-6-5-12(8-14(13)28-2)21-16-15-17(29-10-20-15)23-19(22-16)24-7-3-4-11(9-24)18(25)26;1-13-8(11-12-9(13)14)6-2-4-7(10)5-3-6/h6-11,13,15,17H,4-5,12,14H2,1-3H3,(H,31,38)(H,35,41)(H,30,32,33);5-6,8,10-11H,3-4,7,9H2,1-2H3,(H,25,26)(H,21,22,23);2-5H,10H2,1H3,(H,12,14). The number of rotatable bonds is 15. The number of piperidine rings is 2. The Morgan fingerprint density at radius 3 is 1.48 bits per heavy atom. The molecule has 29 heteroatoms. The number of hydrogen-bond acceptors (Lipinski definition) is 23. The maximum atomic E-state index is 13.3. The van der Waals surface area contributed by atoms with E-state index < -0.39 is 11.9 Å². The highest BCUT2D eigenvalue weighted by atomic mass is 32.1. The van der Waals surface area contributed by atoms with Gasteiger partial charge in [-0.25, -0.2) is 9.97 Å². The number of benzene rings is 4. The molecule has 4 aromatic carbocycles. The largest absolute Gasteiger partial charge is 0.493 e. The lowest BCUT2D eigenvalue weighted by atomic mass is 9.97. The average molecular weight is 1230 g/mol. The molecule has 1 amide bonds. The van der Waals surface area contributed by atoms with E-state index in [-0.39, 0.29) is 11.8 Å². The van der Waals surface area contributed by atoms with Gasteiger partial charge in [0.2, 0.25) is 17.8 Å². The van der Waals surface area contributed by atoms with E-state index in [2.05, 4.69) is 61.2 Å². The van der Waals surface area contributed by atoms with Gasteiger partial charge >= 0.3 is 5.97 Å². The van der Waals surface area contributed by atoms with Crippen LogP contribution in [0.3, 0.4) is 0 Å². The Kier molecular flexibility index (Phi) is 18.4. The van der Waals surface area contributed by atoms with Gasteiger partial charge in [0.15, 0.2) is 65.5 Å². The van der Waals surface area contributed by atoms with Crippen molar-refractivity contribution in [1.82, 2.24) is 59.4 Å². The van der Waals surface area contributed by atoms with Gasteiger partial charge in [-0.2, -0.15) is 30.1 Å². The maximum Gasteiger partial charge on any atom is 0.308 e. The number of H-pyrrole nitrogens is 2. The van der Waals surface area contributed by atoms with Gasteiger partial charge in [0, 0.05) is 86.3 Å². The van der Waals surface area contributed by atoms with E-state index in [1.165, 1.54) is 22.7 Å². The predicted molar refractivity (Wildman–Crippen MR) is 334 cm³/mol. The summed E-state index contributed by atoms with van der Waals surface area (Å²) < 4.78 is 26.2. The van der Waals surface area contributed by atoms with Gasteiger partial charge < -0.3 is 64.7 Å². The lowest BCUT2D eigenvalue weighted by molar-refractivity contribution is -0.142. The van der Waals surface area contributed by atoms with Gasteiger partial charge in [-0.3, -0.25) is 19.8 Å². The molecule has 0 saturated carbocycles. The molecular weight excluding hydrogens is 1170 g/mol. The highest BCUT2D eigenvalue weighted by Gasteiger charge is 2.30. The number of anilines is 8. The minimum atomic E-state index is -0.780. The summed E-state index contributed by atoms with van der Waals surface area (Å²) in [6.07, 6.45) is 3.09. The summed E-state index contributed by atoms with van der Waals surface area (Å²) in [6, 6.07) is 26.1. The Bertz CT molecular complexity index is 4110.